The van der Waals surface area contributed by atoms with Crippen LogP contribution in [0.2, 0.25) is 0 Å². The summed E-state index contributed by atoms with van der Waals surface area (Å²) in [4.78, 5) is 11.9. The molecule has 2 aliphatic heterocycles. The molecule has 1 amide bonds. The quantitative estimate of drug-likeness (QED) is 0.772. The number of hydrazone groups is 1. The molecule has 2 rings (SSSR count). The number of nitrogens with one attached hydrogen (secondary N) is 1. The van der Waals surface area contributed by atoms with Crippen LogP contribution >= 0.6 is 11.6 Å². The van der Waals surface area contributed by atoms with E-state index in [0.717, 1.165) is 12.8 Å². The Hall–Kier alpha value is -1.20. The Morgan fingerprint density at radius 2 is 2.47 bits per heavy atom. The molecular weight excluding hydrogens is 242 g/mol. The molecule has 5 nitrogen and oxygen atoms in total. The van der Waals surface area contributed by atoms with Crippen LogP contribution in [0.15, 0.2) is 16.2 Å². The van der Waals surface area contributed by atoms with Crippen molar-refractivity contribution in [1.29, 1.82) is 5.41 Å². The Kier molecular flexibility index (Phi) is 3.59. The van der Waals surface area contributed by atoms with Crippen molar-refractivity contribution in [3.8, 4) is 0 Å². The van der Waals surface area contributed by atoms with Gasteiger partial charge in [0.05, 0.1) is 18.4 Å². The van der Waals surface area contributed by atoms with Gasteiger partial charge in [-0.25, -0.2) is 5.01 Å². The van der Waals surface area contributed by atoms with Crippen LogP contribution in [0.25, 0.3) is 0 Å². The van der Waals surface area contributed by atoms with E-state index in [1.54, 1.807) is 0 Å². The highest BCUT2D eigenvalue weighted by atomic mass is 35.5. The van der Waals surface area contributed by atoms with Crippen LogP contribution in [-0.2, 0) is 9.53 Å². The average molecular weight is 256 g/mol. The second-order valence-corrected chi connectivity index (χ2v) is 4.41. The second kappa shape index (κ2) is 4.98. The van der Waals surface area contributed by atoms with Crippen molar-refractivity contribution in [3.63, 3.8) is 0 Å². The molecular formula is C11H14ClN3O2. The molecule has 2 atom stereocenters. The van der Waals surface area contributed by atoms with Crippen LogP contribution in [0.5, 0.6) is 0 Å². The molecule has 0 spiro atoms. The maximum atomic E-state index is 11.9. The number of hydrogen-bond donors (Lipinski definition) is 1. The third-order valence-electron chi connectivity index (χ3n) is 2.95. The van der Waals surface area contributed by atoms with Gasteiger partial charge in [-0.2, -0.15) is 5.10 Å². The van der Waals surface area contributed by atoms with Gasteiger partial charge in [-0.1, -0.05) is 11.6 Å². The van der Waals surface area contributed by atoms with Gasteiger partial charge in [-0.3, -0.25) is 10.2 Å². The molecule has 6 heteroatoms. The highest BCUT2D eigenvalue weighted by Gasteiger charge is 2.33. The molecule has 0 bridgehead atoms. The molecule has 17 heavy (non-hydrogen) atoms. The predicted octanol–water partition coefficient (Wildman–Crippen LogP) is 1.52. The summed E-state index contributed by atoms with van der Waals surface area (Å²) in [7, 11) is 0. The van der Waals surface area contributed by atoms with Crippen molar-refractivity contribution in [3.05, 3.63) is 11.1 Å². The normalized spacial score (nSPS) is 32.4. The van der Waals surface area contributed by atoms with E-state index in [4.69, 9.17) is 21.7 Å². The van der Waals surface area contributed by atoms with E-state index < -0.39 is 5.91 Å². The summed E-state index contributed by atoms with van der Waals surface area (Å²) in [6.07, 6.45) is 3.07. The summed E-state index contributed by atoms with van der Waals surface area (Å²) in [5, 5.41) is 13.1. The Balaban J connectivity index is 2.17. The number of carbonyl (C=O) groups excluding carboxylic acids is 1. The zero-order valence-electron chi connectivity index (χ0n) is 9.52. The molecule has 0 radical (unpaired) electrons. The lowest BCUT2D eigenvalue weighted by atomic mass is 10.0. The second-order valence-electron chi connectivity index (χ2n) is 4.19. The van der Waals surface area contributed by atoms with Crippen molar-refractivity contribution in [1.82, 2.24) is 5.01 Å². The molecule has 92 valence electrons. The van der Waals surface area contributed by atoms with E-state index in [-0.39, 0.29) is 17.9 Å². The molecule has 2 aliphatic rings. The lowest BCUT2D eigenvalue weighted by molar-refractivity contribution is -0.129. The predicted molar refractivity (Wildman–Crippen MR) is 65.4 cm³/mol. The monoisotopic (exact) mass is 255 g/mol. The van der Waals surface area contributed by atoms with E-state index in [1.165, 1.54) is 16.8 Å². The van der Waals surface area contributed by atoms with Gasteiger partial charge < -0.3 is 4.74 Å². The van der Waals surface area contributed by atoms with Gasteiger partial charge in [0.1, 0.15) is 5.71 Å². The van der Waals surface area contributed by atoms with Crippen LogP contribution in [0.1, 0.15) is 19.8 Å². The van der Waals surface area contributed by atoms with Crippen molar-refractivity contribution < 1.29 is 9.53 Å². The third-order valence-corrected chi connectivity index (χ3v) is 3.19. The highest BCUT2D eigenvalue weighted by molar-refractivity contribution is 6.51. The highest BCUT2D eigenvalue weighted by Crippen LogP contribution is 2.22. The van der Waals surface area contributed by atoms with Crippen LogP contribution in [0.3, 0.4) is 0 Å². The molecule has 0 aliphatic carbocycles. The summed E-state index contributed by atoms with van der Waals surface area (Å²) in [6, 6.07) is 0.0136. The van der Waals surface area contributed by atoms with Gasteiger partial charge in [0.2, 0.25) is 0 Å². The average Bonchev–Trinajstić information content (AvgIpc) is 2.32. The van der Waals surface area contributed by atoms with Crippen molar-refractivity contribution in [2.45, 2.75) is 31.9 Å². The standard InChI is InChI=1S/C11H14ClN3O2/c1-7-4-9(2-3-17-7)15-11(16)10(13)8(5-12)6-14-15/h5-7,9,13H,2-4H2,1H3. The summed E-state index contributed by atoms with van der Waals surface area (Å²) >= 11 is 5.51. The molecule has 0 aromatic rings. The molecule has 0 aromatic carbocycles. The van der Waals surface area contributed by atoms with E-state index in [9.17, 15) is 4.79 Å². The number of amides is 1. The lowest BCUT2D eigenvalue weighted by Crippen LogP contribution is -2.47. The minimum Gasteiger partial charge on any atom is -0.378 e. The molecule has 2 heterocycles. The van der Waals surface area contributed by atoms with Gasteiger partial charge in [-0.15, -0.1) is 0 Å². The topological polar surface area (TPSA) is 65.8 Å². The van der Waals surface area contributed by atoms with E-state index >= 15 is 0 Å². The molecule has 1 saturated heterocycles. The summed E-state index contributed by atoms with van der Waals surface area (Å²) in [6.45, 7) is 2.59. The maximum Gasteiger partial charge on any atom is 0.292 e. The van der Waals surface area contributed by atoms with E-state index in [2.05, 4.69) is 5.10 Å². The number of ether oxygens (including phenoxy) is 1. The number of carbonyl (C=O) groups is 1. The number of rotatable bonds is 1. The Morgan fingerprint density at radius 1 is 1.71 bits per heavy atom. The summed E-state index contributed by atoms with van der Waals surface area (Å²) in [5.41, 5.74) is 1.45. The summed E-state index contributed by atoms with van der Waals surface area (Å²) < 4.78 is 5.43. The van der Waals surface area contributed by atoms with Crippen molar-refractivity contribution >= 4 is 29.4 Å². The van der Waals surface area contributed by atoms with Gasteiger partial charge in [0, 0.05) is 17.7 Å². The first-order chi connectivity index (χ1) is 8.13. The fourth-order valence-corrected chi connectivity index (χ4v) is 2.18. The van der Waals surface area contributed by atoms with Gasteiger partial charge >= 0.3 is 0 Å². The maximum absolute atomic E-state index is 11.9. The fourth-order valence-electron chi connectivity index (χ4n) is 2.02. The zero-order valence-corrected chi connectivity index (χ0v) is 10.3. The van der Waals surface area contributed by atoms with Crippen molar-refractivity contribution in [2.75, 3.05) is 6.61 Å². The molecule has 1 fully saturated rings. The van der Waals surface area contributed by atoms with Crippen LogP contribution in [0.4, 0.5) is 0 Å². The number of nitrogens with zero attached hydrogens (tertiary/aromatic N) is 2. The smallest absolute Gasteiger partial charge is 0.292 e. The summed E-state index contributed by atoms with van der Waals surface area (Å²) in [5.74, 6) is -0.390. The molecule has 0 aromatic heterocycles. The van der Waals surface area contributed by atoms with Crippen LogP contribution in [0, 0.1) is 5.41 Å². The minimum absolute atomic E-state index is 0.0136. The SMILES string of the molecule is CC1CC(N2N=CC(=CCl)C(=N)C2=O)CCO1. The first-order valence-corrected chi connectivity index (χ1v) is 5.95. The van der Waals surface area contributed by atoms with Gasteiger partial charge in [0.25, 0.3) is 5.91 Å². The van der Waals surface area contributed by atoms with Crippen LogP contribution < -0.4 is 0 Å². The number of hydrogen-bond acceptors (Lipinski definition) is 4. The lowest BCUT2D eigenvalue weighted by Gasteiger charge is -2.34. The minimum atomic E-state index is -0.390. The molecule has 0 saturated carbocycles. The zero-order chi connectivity index (χ0) is 12.4. The Labute approximate surface area is 105 Å². The van der Waals surface area contributed by atoms with Gasteiger partial charge in [-0.05, 0) is 19.8 Å². The van der Waals surface area contributed by atoms with Crippen LogP contribution in [-0.4, -0.2) is 41.6 Å². The molecule has 1 N–H and O–H groups in total. The van der Waals surface area contributed by atoms with Gasteiger partial charge in [0.15, 0.2) is 0 Å². The van der Waals surface area contributed by atoms with E-state index in [0.29, 0.717) is 12.2 Å². The Bertz CT molecular complexity index is 406. The fraction of sp³-hybridized carbons (Fsp3) is 0.545. The third kappa shape index (κ3) is 2.40. The number of halogens is 1. The Morgan fingerprint density at radius 3 is 3.12 bits per heavy atom. The van der Waals surface area contributed by atoms with E-state index in [1.807, 2.05) is 6.92 Å². The first kappa shape index (κ1) is 12.3. The first-order valence-electron chi connectivity index (χ1n) is 5.52. The largest absolute Gasteiger partial charge is 0.378 e. The van der Waals surface area contributed by atoms with Crippen molar-refractivity contribution in [2.24, 2.45) is 5.10 Å². The molecule has 2 unspecified atom stereocenters.